The second-order valence-electron chi connectivity index (χ2n) is 7.36. The second-order valence-corrected chi connectivity index (χ2v) is 7.76. The van der Waals surface area contributed by atoms with Gasteiger partial charge in [-0.3, -0.25) is 24.1 Å². The summed E-state index contributed by atoms with van der Waals surface area (Å²) in [5, 5.41) is 15.0. The molecule has 1 heterocycles. The van der Waals surface area contributed by atoms with E-state index in [1.54, 1.807) is 18.2 Å². The quantitative estimate of drug-likeness (QED) is 0.0891. The van der Waals surface area contributed by atoms with Gasteiger partial charge in [0.25, 0.3) is 5.91 Å². The molecule has 178 valence electrons. The molecule has 11 heteroatoms. The van der Waals surface area contributed by atoms with Gasteiger partial charge in [0.1, 0.15) is 5.76 Å². The first-order chi connectivity index (χ1) is 16.0. The van der Waals surface area contributed by atoms with Gasteiger partial charge in [-0.2, -0.15) is 0 Å². The highest BCUT2D eigenvalue weighted by Crippen LogP contribution is 2.24. The number of hydrogen-bond acceptors (Lipinski definition) is 7. The van der Waals surface area contributed by atoms with Crippen LogP contribution in [0.5, 0.6) is 0 Å². The van der Waals surface area contributed by atoms with Crippen molar-refractivity contribution in [3.8, 4) is 11.3 Å². The van der Waals surface area contributed by atoms with Gasteiger partial charge in [-0.1, -0.05) is 44.4 Å². The van der Waals surface area contributed by atoms with Crippen LogP contribution in [-0.2, 0) is 25.3 Å². The summed E-state index contributed by atoms with van der Waals surface area (Å²) in [5.74, 6) is -0.926. The average molecular weight is 477 g/mol. The average Bonchev–Trinajstić information content (AvgIpc) is 3.32. The normalized spacial score (nSPS) is 11.7. The topological polar surface area (TPSA) is 138 Å². The van der Waals surface area contributed by atoms with Gasteiger partial charge < -0.3 is 15.1 Å². The zero-order valence-electron chi connectivity index (χ0n) is 18.4. The Morgan fingerprint density at radius 1 is 1.24 bits per heavy atom. The monoisotopic (exact) mass is 477 g/mol. The number of nitrogens with one attached hydrogen (secondary N) is 2. The summed E-state index contributed by atoms with van der Waals surface area (Å²) < 4.78 is 20.9. The Kier molecular flexibility index (Phi) is 11.2. The maximum atomic E-state index is 12.4. The fourth-order valence-corrected chi connectivity index (χ4v) is 3.39. The minimum absolute atomic E-state index is 0.0703. The molecule has 2 rings (SSSR count). The Morgan fingerprint density at radius 2 is 2.06 bits per heavy atom. The van der Waals surface area contributed by atoms with Crippen molar-refractivity contribution in [1.82, 2.24) is 15.7 Å². The van der Waals surface area contributed by atoms with E-state index in [4.69, 9.17) is 8.94 Å². The Bertz CT molecular complexity index is 934. The van der Waals surface area contributed by atoms with Gasteiger partial charge in [0.2, 0.25) is 12.3 Å². The summed E-state index contributed by atoms with van der Waals surface area (Å²) >= 11 is 0. The highest BCUT2D eigenvalue weighted by molar-refractivity contribution is 7.17. The summed E-state index contributed by atoms with van der Waals surface area (Å²) in [6.45, 7) is 1.96. The summed E-state index contributed by atoms with van der Waals surface area (Å²) in [5.41, 5.74) is 1.52. The predicted molar refractivity (Wildman–Crippen MR) is 119 cm³/mol. The number of benzene rings is 1. The highest BCUT2D eigenvalue weighted by Gasteiger charge is 2.21. The van der Waals surface area contributed by atoms with Crippen LogP contribution in [0.3, 0.4) is 0 Å². The van der Waals surface area contributed by atoms with Crippen molar-refractivity contribution < 1.29 is 33.1 Å². The maximum Gasteiger partial charge on any atom is 0.327 e. The van der Waals surface area contributed by atoms with E-state index in [1.165, 1.54) is 6.07 Å². The molecule has 0 aliphatic rings. The molecule has 10 nitrogen and oxygen atoms in total. The summed E-state index contributed by atoms with van der Waals surface area (Å²) in [7, 11) is -0.403. The van der Waals surface area contributed by atoms with Gasteiger partial charge in [-0.15, -0.1) is 0 Å². The molecule has 0 saturated heterocycles. The van der Waals surface area contributed by atoms with E-state index in [1.807, 2.05) is 19.1 Å². The molecule has 0 saturated carbocycles. The number of furan rings is 1. The van der Waals surface area contributed by atoms with E-state index >= 15 is 0 Å². The molecule has 1 atom stereocenters. The molecule has 0 aliphatic carbocycles. The first kappa shape index (κ1) is 26.2. The molecule has 0 radical (unpaired) electrons. The molecule has 33 heavy (non-hydrogen) atoms. The van der Waals surface area contributed by atoms with Crippen molar-refractivity contribution in [1.29, 1.82) is 0 Å². The van der Waals surface area contributed by atoms with Gasteiger partial charge in [0.05, 0.1) is 25.7 Å². The Hall–Kier alpha value is -3.07. The number of hydrogen-bond donors (Lipinski definition) is 3. The number of amides is 3. The van der Waals surface area contributed by atoms with Crippen LogP contribution in [0.1, 0.15) is 48.7 Å². The number of hydroxylamine groups is 2. The summed E-state index contributed by atoms with van der Waals surface area (Å²) in [4.78, 5) is 35.5. The number of rotatable bonds is 15. The van der Waals surface area contributed by atoms with E-state index in [-0.39, 0.29) is 37.9 Å². The summed E-state index contributed by atoms with van der Waals surface area (Å²) in [6, 6.07) is 10.4. The number of nitrogens with zero attached hydrogens (tertiary/aromatic N) is 1. The van der Waals surface area contributed by atoms with Crippen LogP contribution in [0.2, 0.25) is 0 Å². The fraction of sp³-hybridized carbons (Fsp3) is 0.409. The van der Waals surface area contributed by atoms with Crippen LogP contribution >= 0.6 is 8.69 Å². The molecule has 0 unspecified atom stereocenters. The van der Waals surface area contributed by atoms with Crippen LogP contribution in [0.15, 0.2) is 40.8 Å². The third kappa shape index (κ3) is 8.76. The first-order valence-corrected chi connectivity index (χ1v) is 11.3. The van der Waals surface area contributed by atoms with Crippen LogP contribution in [-0.4, -0.2) is 41.7 Å². The van der Waals surface area contributed by atoms with Crippen molar-refractivity contribution in [2.45, 2.75) is 39.2 Å². The van der Waals surface area contributed by atoms with Crippen molar-refractivity contribution in [2.24, 2.45) is 5.92 Å². The van der Waals surface area contributed by atoms with Crippen molar-refractivity contribution in [3.63, 3.8) is 0 Å². The zero-order valence-corrected chi connectivity index (χ0v) is 19.3. The Morgan fingerprint density at radius 3 is 2.79 bits per heavy atom. The van der Waals surface area contributed by atoms with Crippen molar-refractivity contribution >= 4 is 26.9 Å². The molecule has 0 aliphatic heterocycles. The molecular weight excluding hydrogens is 449 g/mol. The standard InChI is InChI=1S/C22H28N3O7P/c1-2-3-4-7-18(12-25(29)15-26)21(27)23-14-24-22(28)20-10-9-19(32-20)17-8-5-6-16(11-17)13-31-33-30/h5-6,8-11,15,18,29H,2-4,7,12-14H2,1H3,(H,23,27)(H,24,28)/t18-/m1/s1. The Balaban J connectivity index is 1.90. The van der Waals surface area contributed by atoms with Crippen LogP contribution in [0, 0.1) is 5.92 Å². The largest absolute Gasteiger partial charge is 0.451 e. The number of carbonyl (C=O) groups is 3. The van der Waals surface area contributed by atoms with E-state index in [0.717, 1.165) is 30.4 Å². The molecule has 0 bridgehead atoms. The van der Waals surface area contributed by atoms with E-state index in [2.05, 4.69) is 10.6 Å². The first-order valence-electron chi connectivity index (χ1n) is 10.6. The highest BCUT2D eigenvalue weighted by atomic mass is 31.1. The van der Waals surface area contributed by atoms with E-state index < -0.39 is 20.5 Å². The third-order valence-corrected chi connectivity index (χ3v) is 5.13. The predicted octanol–water partition coefficient (Wildman–Crippen LogP) is 3.52. The van der Waals surface area contributed by atoms with Gasteiger partial charge in [0.15, 0.2) is 5.76 Å². The van der Waals surface area contributed by atoms with Crippen LogP contribution in [0.4, 0.5) is 0 Å². The van der Waals surface area contributed by atoms with Gasteiger partial charge >= 0.3 is 8.69 Å². The molecule has 1 aromatic carbocycles. The lowest BCUT2D eigenvalue weighted by atomic mass is 10.0. The molecule has 0 spiro atoms. The molecule has 0 fully saturated rings. The SMILES string of the molecule is CCCCC[C@H](CN(O)C=O)C(=O)NCNC(=O)c1ccc(-c2cccc(COP=O)c2)o1. The Labute approximate surface area is 193 Å². The van der Waals surface area contributed by atoms with Gasteiger partial charge in [-0.25, -0.2) is 9.63 Å². The van der Waals surface area contributed by atoms with E-state index in [9.17, 15) is 24.2 Å². The lowest BCUT2D eigenvalue weighted by molar-refractivity contribution is -0.154. The second kappa shape index (κ2) is 14.2. The van der Waals surface area contributed by atoms with Gasteiger partial charge in [0, 0.05) is 5.56 Å². The zero-order chi connectivity index (χ0) is 24.1. The lowest BCUT2D eigenvalue weighted by Gasteiger charge is -2.19. The fourth-order valence-electron chi connectivity index (χ4n) is 3.19. The van der Waals surface area contributed by atoms with Crippen LogP contribution in [0.25, 0.3) is 11.3 Å². The molecular formula is C22H28N3O7P. The lowest BCUT2D eigenvalue weighted by Crippen LogP contribution is -2.42. The van der Waals surface area contributed by atoms with Crippen LogP contribution < -0.4 is 10.6 Å². The van der Waals surface area contributed by atoms with Gasteiger partial charge in [-0.05, 0) is 30.2 Å². The maximum absolute atomic E-state index is 12.4. The number of unbranched alkanes of at least 4 members (excludes halogenated alkanes) is 2. The third-order valence-electron chi connectivity index (χ3n) is 4.89. The van der Waals surface area contributed by atoms with Crippen molar-refractivity contribution in [2.75, 3.05) is 13.2 Å². The van der Waals surface area contributed by atoms with E-state index in [0.29, 0.717) is 17.2 Å². The molecule has 3 amide bonds. The minimum atomic E-state index is -0.587. The molecule has 1 aromatic heterocycles. The number of carbonyl (C=O) groups excluding carboxylic acids is 3. The molecule has 2 aromatic rings. The summed E-state index contributed by atoms with van der Waals surface area (Å²) in [6.07, 6.45) is 3.46. The smallest absolute Gasteiger partial charge is 0.327 e. The molecule has 3 N–H and O–H groups in total. The minimum Gasteiger partial charge on any atom is -0.451 e. The van der Waals surface area contributed by atoms with Crippen molar-refractivity contribution in [3.05, 3.63) is 47.7 Å².